The summed E-state index contributed by atoms with van der Waals surface area (Å²) >= 11 is 5.93. The van der Waals surface area contributed by atoms with Gasteiger partial charge in [-0.3, -0.25) is 0 Å². The number of halogens is 1. The molecule has 0 aliphatic rings. The maximum absolute atomic E-state index is 12.3. The Kier molecular flexibility index (Phi) is 4.88. The molecule has 0 aliphatic heterocycles. The summed E-state index contributed by atoms with van der Waals surface area (Å²) in [5.74, 6) is 0.590. The monoisotopic (exact) mass is 325 g/mol. The summed E-state index contributed by atoms with van der Waals surface area (Å²) in [6.45, 7) is 1.87. The van der Waals surface area contributed by atoms with Crippen LogP contribution in [-0.2, 0) is 16.6 Å². The lowest BCUT2D eigenvalue weighted by Crippen LogP contribution is -2.24. The number of aryl methyl sites for hydroxylation is 1. The SMILES string of the molecule is COc1ccc(Cl)cc1CNS(=O)(=O)c1ccccc1C. The molecule has 2 aromatic rings. The fourth-order valence-corrected chi connectivity index (χ4v) is 3.44. The summed E-state index contributed by atoms with van der Waals surface area (Å²) in [5.41, 5.74) is 1.38. The van der Waals surface area contributed by atoms with Gasteiger partial charge in [-0.15, -0.1) is 0 Å². The van der Waals surface area contributed by atoms with Crippen LogP contribution in [0.25, 0.3) is 0 Å². The standard InChI is InChI=1S/C15H16ClNO3S/c1-11-5-3-4-6-15(11)21(18,19)17-10-12-9-13(16)7-8-14(12)20-2/h3-9,17H,10H2,1-2H3. The molecule has 0 spiro atoms. The van der Waals surface area contributed by atoms with Gasteiger partial charge in [0.15, 0.2) is 0 Å². The van der Waals surface area contributed by atoms with E-state index in [1.165, 1.54) is 7.11 Å². The van der Waals surface area contributed by atoms with Crippen molar-refractivity contribution in [2.24, 2.45) is 0 Å². The van der Waals surface area contributed by atoms with E-state index in [2.05, 4.69) is 4.72 Å². The average molecular weight is 326 g/mol. The van der Waals surface area contributed by atoms with Crippen LogP contribution in [0.3, 0.4) is 0 Å². The quantitative estimate of drug-likeness (QED) is 0.918. The lowest BCUT2D eigenvalue weighted by molar-refractivity contribution is 0.409. The summed E-state index contributed by atoms with van der Waals surface area (Å²) in [6, 6.07) is 11.9. The first kappa shape index (κ1) is 15.8. The van der Waals surface area contributed by atoms with E-state index in [4.69, 9.17) is 16.3 Å². The van der Waals surface area contributed by atoms with Crippen molar-refractivity contribution in [1.29, 1.82) is 0 Å². The van der Waals surface area contributed by atoms with Gasteiger partial charge in [0, 0.05) is 17.1 Å². The molecule has 0 amide bonds. The summed E-state index contributed by atoms with van der Waals surface area (Å²) < 4.78 is 32.4. The van der Waals surface area contributed by atoms with Crippen molar-refractivity contribution in [2.75, 3.05) is 7.11 Å². The second kappa shape index (κ2) is 6.47. The van der Waals surface area contributed by atoms with Gasteiger partial charge in [-0.05, 0) is 36.8 Å². The topological polar surface area (TPSA) is 55.4 Å². The highest BCUT2D eigenvalue weighted by Crippen LogP contribution is 2.23. The summed E-state index contributed by atoms with van der Waals surface area (Å²) in [5, 5.41) is 0.529. The smallest absolute Gasteiger partial charge is 0.241 e. The molecule has 112 valence electrons. The van der Waals surface area contributed by atoms with Gasteiger partial charge in [0.25, 0.3) is 0 Å². The van der Waals surface area contributed by atoms with E-state index in [-0.39, 0.29) is 11.4 Å². The molecule has 2 aromatic carbocycles. The number of rotatable bonds is 5. The molecule has 2 rings (SSSR count). The van der Waals surface area contributed by atoms with Gasteiger partial charge in [0.05, 0.1) is 12.0 Å². The summed E-state index contributed by atoms with van der Waals surface area (Å²) in [6.07, 6.45) is 0. The van der Waals surface area contributed by atoms with E-state index in [9.17, 15) is 8.42 Å². The molecule has 0 bridgehead atoms. The number of hydrogen-bond acceptors (Lipinski definition) is 3. The van der Waals surface area contributed by atoms with Crippen molar-refractivity contribution in [3.63, 3.8) is 0 Å². The molecule has 0 radical (unpaired) electrons. The molecule has 21 heavy (non-hydrogen) atoms. The third-order valence-corrected chi connectivity index (χ3v) is 4.87. The van der Waals surface area contributed by atoms with Crippen LogP contribution in [0.4, 0.5) is 0 Å². The van der Waals surface area contributed by atoms with E-state index < -0.39 is 10.0 Å². The molecule has 0 aromatic heterocycles. The molecule has 0 heterocycles. The Morgan fingerprint density at radius 1 is 1.19 bits per heavy atom. The zero-order chi connectivity index (χ0) is 15.5. The van der Waals surface area contributed by atoms with Crippen LogP contribution >= 0.6 is 11.6 Å². The number of nitrogens with one attached hydrogen (secondary N) is 1. The second-order valence-corrected chi connectivity index (χ2v) is 6.72. The highest BCUT2D eigenvalue weighted by molar-refractivity contribution is 7.89. The van der Waals surface area contributed by atoms with E-state index in [1.54, 1.807) is 49.4 Å². The van der Waals surface area contributed by atoms with E-state index in [0.29, 0.717) is 21.9 Å². The molecular formula is C15H16ClNO3S. The first-order valence-corrected chi connectivity index (χ1v) is 8.18. The molecule has 0 saturated heterocycles. The Labute approximate surface area is 129 Å². The zero-order valence-corrected chi connectivity index (χ0v) is 13.3. The van der Waals surface area contributed by atoms with Crippen LogP contribution in [0.5, 0.6) is 5.75 Å². The van der Waals surface area contributed by atoms with Gasteiger partial charge in [-0.1, -0.05) is 29.8 Å². The van der Waals surface area contributed by atoms with Crippen molar-refractivity contribution >= 4 is 21.6 Å². The molecule has 0 aliphatic carbocycles. The third kappa shape index (κ3) is 3.75. The Bertz CT molecular complexity index is 744. The zero-order valence-electron chi connectivity index (χ0n) is 11.8. The van der Waals surface area contributed by atoms with Crippen molar-refractivity contribution < 1.29 is 13.2 Å². The minimum atomic E-state index is -3.58. The Balaban J connectivity index is 2.24. The average Bonchev–Trinajstić information content (AvgIpc) is 2.45. The van der Waals surface area contributed by atoms with Crippen molar-refractivity contribution in [1.82, 2.24) is 4.72 Å². The minimum absolute atomic E-state index is 0.112. The molecule has 0 saturated carbocycles. The van der Waals surface area contributed by atoms with Gasteiger partial charge in [0.1, 0.15) is 5.75 Å². The highest BCUT2D eigenvalue weighted by Gasteiger charge is 2.16. The minimum Gasteiger partial charge on any atom is -0.496 e. The molecule has 1 N–H and O–H groups in total. The summed E-state index contributed by atoms with van der Waals surface area (Å²) in [4.78, 5) is 0.269. The van der Waals surface area contributed by atoms with Gasteiger partial charge in [-0.25, -0.2) is 13.1 Å². The maximum Gasteiger partial charge on any atom is 0.241 e. The lowest BCUT2D eigenvalue weighted by atomic mass is 10.2. The van der Waals surface area contributed by atoms with E-state index >= 15 is 0 Å². The number of sulfonamides is 1. The molecule has 6 heteroatoms. The normalized spacial score (nSPS) is 11.4. The number of ether oxygens (including phenoxy) is 1. The Morgan fingerprint density at radius 2 is 1.90 bits per heavy atom. The largest absolute Gasteiger partial charge is 0.496 e. The highest BCUT2D eigenvalue weighted by atomic mass is 35.5. The van der Waals surface area contributed by atoms with Crippen molar-refractivity contribution in [2.45, 2.75) is 18.4 Å². The molecule has 0 unspecified atom stereocenters. The van der Waals surface area contributed by atoms with Crippen molar-refractivity contribution in [3.05, 3.63) is 58.6 Å². The van der Waals surface area contributed by atoms with Crippen LogP contribution in [0.2, 0.25) is 5.02 Å². The van der Waals surface area contributed by atoms with Crippen LogP contribution in [0.1, 0.15) is 11.1 Å². The van der Waals surface area contributed by atoms with Gasteiger partial charge < -0.3 is 4.74 Å². The molecule has 0 fully saturated rings. The second-order valence-electron chi connectivity index (χ2n) is 4.55. The van der Waals surface area contributed by atoms with Crippen LogP contribution in [0.15, 0.2) is 47.4 Å². The number of hydrogen-bond donors (Lipinski definition) is 1. The summed E-state index contributed by atoms with van der Waals surface area (Å²) in [7, 11) is -2.05. The molecule has 4 nitrogen and oxygen atoms in total. The molecule has 0 atom stereocenters. The van der Waals surface area contributed by atoms with Crippen LogP contribution in [0, 0.1) is 6.92 Å². The number of benzene rings is 2. The Morgan fingerprint density at radius 3 is 2.57 bits per heavy atom. The Hall–Kier alpha value is -1.56. The van der Waals surface area contributed by atoms with Gasteiger partial charge in [-0.2, -0.15) is 0 Å². The maximum atomic E-state index is 12.3. The third-order valence-electron chi connectivity index (χ3n) is 3.08. The van der Waals surface area contributed by atoms with Gasteiger partial charge in [0.2, 0.25) is 10.0 Å². The molecular weight excluding hydrogens is 310 g/mol. The van der Waals surface area contributed by atoms with Gasteiger partial charge >= 0.3 is 0 Å². The lowest BCUT2D eigenvalue weighted by Gasteiger charge is -2.12. The fourth-order valence-electron chi connectivity index (χ4n) is 1.99. The van der Waals surface area contributed by atoms with Crippen LogP contribution < -0.4 is 9.46 Å². The predicted molar refractivity (Wildman–Crippen MR) is 83.2 cm³/mol. The van der Waals surface area contributed by atoms with E-state index in [0.717, 1.165) is 0 Å². The number of methoxy groups -OCH3 is 1. The first-order valence-electron chi connectivity index (χ1n) is 6.32. The first-order chi connectivity index (χ1) is 9.94. The van der Waals surface area contributed by atoms with Crippen molar-refractivity contribution in [3.8, 4) is 5.75 Å². The van der Waals surface area contributed by atoms with E-state index in [1.807, 2.05) is 0 Å². The fraction of sp³-hybridized carbons (Fsp3) is 0.200. The van der Waals surface area contributed by atoms with Crippen LogP contribution in [-0.4, -0.2) is 15.5 Å². The predicted octanol–water partition coefficient (Wildman–Crippen LogP) is 3.14.